The van der Waals surface area contributed by atoms with Crippen molar-refractivity contribution in [1.82, 2.24) is 4.72 Å². The Morgan fingerprint density at radius 2 is 1.29 bits per heavy atom. The van der Waals surface area contributed by atoms with E-state index in [2.05, 4.69) is 4.72 Å². The molecule has 0 fully saturated rings. The van der Waals surface area contributed by atoms with Crippen LogP contribution in [0.1, 0.15) is 5.56 Å². The Bertz CT molecular complexity index is 1340. The maximum absolute atomic E-state index is 12.6. The fourth-order valence-electron chi connectivity index (χ4n) is 3.33. The number of rotatable bonds is 7. The van der Waals surface area contributed by atoms with Gasteiger partial charge in [0.05, 0.1) is 4.90 Å². The normalized spacial score (nSPS) is 11.1. The molecule has 7 heteroatoms. The van der Waals surface area contributed by atoms with Crippen LogP contribution in [0.3, 0.4) is 0 Å². The van der Waals surface area contributed by atoms with Crippen LogP contribution in [0.2, 0.25) is 0 Å². The van der Waals surface area contributed by atoms with E-state index in [0.717, 1.165) is 22.4 Å². The van der Waals surface area contributed by atoms with E-state index in [0.29, 0.717) is 5.75 Å². The molecule has 1 N–H and O–H groups in total. The molecule has 0 spiro atoms. The Kier molecular flexibility index (Phi) is 7.06. The van der Waals surface area contributed by atoms with E-state index < -0.39 is 16.1 Å². The summed E-state index contributed by atoms with van der Waals surface area (Å²) in [6, 6.07) is 32.3. The Balaban J connectivity index is 1.39. The predicted molar refractivity (Wildman–Crippen MR) is 133 cm³/mol. The molecule has 4 aromatic rings. The molecule has 0 unspecified atom stereocenters. The number of hydrogen-bond acceptors (Lipinski definition) is 4. The number of ether oxygens (including phenoxy) is 1. The molecular weight excluding hydrogens is 448 g/mol. The van der Waals surface area contributed by atoms with Crippen molar-refractivity contribution in [2.75, 3.05) is 11.9 Å². The summed E-state index contributed by atoms with van der Waals surface area (Å²) < 4.78 is 33.3. The lowest BCUT2D eigenvalue weighted by molar-refractivity contribution is 0.209. The minimum absolute atomic E-state index is 0.196. The van der Waals surface area contributed by atoms with E-state index in [9.17, 15) is 13.2 Å². The summed E-state index contributed by atoms with van der Waals surface area (Å²) in [5.74, 6) is 0.417. The van der Waals surface area contributed by atoms with Crippen molar-refractivity contribution in [3.63, 3.8) is 0 Å². The summed E-state index contributed by atoms with van der Waals surface area (Å²) in [5.41, 5.74) is 3.34. The van der Waals surface area contributed by atoms with Crippen molar-refractivity contribution < 1.29 is 17.9 Å². The summed E-state index contributed by atoms with van der Waals surface area (Å²) in [4.78, 5) is 14.0. The SMILES string of the molecule is CN(C(=O)Oc1ccc(-c2ccc(S(=O)(=O)NCc3ccccc3)cc2)cc1)c1ccccc1. The third kappa shape index (κ3) is 5.70. The van der Waals surface area contributed by atoms with Gasteiger partial charge in [-0.2, -0.15) is 0 Å². The van der Waals surface area contributed by atoms with Crippen LogP contribution in [0, 0.1) is 0 Å². The van der Waals surface area contributed by atoms with Crippen molar-refractivity contribution >= 4 is 21.8 Å². The largest absolute Gasteiger partial charge is 0.419 e. The van der Waals surface area contributed by atoms with Gasteiger partial charge in [-0.3, -0.25) is 4.90 Å². The Morgan fingerprint density at radius 1 is 0.765 bits per heavy atom. The molecule has 0 aliphatic rings. The fraction of sp³-hybridized carbons (Fsp3) is 0.0741. The van der Waals surface area contributed by atoms with Gasteiger partial charge in [-0.25, -0.2) is 17.9 Å². The van der Waals surface area contributed by atoms with Gasteiger partial charge >= 0.3 is 6.09 Å². The highest BCUT2D eigenvalue weighted by atomic mass is 32.2. The molecule has 6 nitrogen and oxygen atoms in total. The zero-order valence-electron chi connectivity index (χ0n) is 18.6. The van der Waals surface area contributed by atoms with Crippen molar-refractivity contribution in [1.29, 1.82) is 0 Å². The maximum atomic E-state index is 12.6. The zero-order chi connectivity index (χ0) is 24.0. The number of hydrogen-bond donors (Lipinski definition) is 1. The lowest BCUT2D eigenvalue weighted by Gasteiger charge is -2.16. The van der Waals surface area contributed by atoms with E-state index in [4.69, 9.17) is 4.74 Å². The minimum Gasteiger partial charge on any atom is -0.410 e. The van der Waals surface area contributed by atoms with Crippen LogP contribution in [-0.2, 0) is 16.6 Å². The molecule has 0 saturated carbocycles. The molecular formula is C27H24N2O4S. The Hall–Kier alpha value is -3.94. The Morgan fingerprint density at radius 3 is 1.88 bits per heavy atom. The first-order valence-electron chi connectivity index (χ1n) is 10.7. The summed E-state index contributed by atoms with van der Waals surface area (Å²) in [6.07, 6.45) is -0.489. The highest BCUT2D eigenvalue weighted by molar-refractivity contribution is 7.89. The van der Waals surface area contributed by atoms with Crippen LogP contribution in [0.15, 0.2) is 114 Å². The molecule has 1 amide bonds. The number of carbonyl (C=O) groups is 1. The summed E-state index contributed by atoms with van der Waals surface area (Å²) in [7, 11) is -1.97. The molecule has 4 rings (SSSR count). The zero-order valence-corrected chi connectivity index (χ0v) is 19.4. The quantitative estimate of drug-likeness (QED) is 0.387. The molecule has 34 heavy (non-hydrogen) atoms. The van der Waals surface area contributed by atoms with E-state index >= 15 is 0 Å². The molecule has 0 radical (unpaired) electrons. The third-order valence-corrected chi connectivity index (χ3v) is 6.70. The van der Waals surface area contributed by atoms with Crippen LogP contribution in [0.4, 0.5) is 10.5 Å². The van der Waals surface area contributed by atoms with Gasteiger partial charge in [0.1, 0.15) is 5.75 Å². The lowest BCUT2D eigenvalue weighted by atomic mass is 10.1. The molecule has 172 valence electrons. The number of amides is 1. The van der Waals surface area contributed by atoms with Gasteiger partial charge in [0.15, 0.2) is 0 Å². The molecule has 0 aliphatic heterocycles. The van der Waals surface area contributed by atoms with Crippen molar-refractivity contribution in [2.45, 2.75) is 11.4 Å². The van der Waals surface area contributed by atoms with Gasteiger partial charge in [-0.15, -0.1) is 0 Å². The average Bonchev–Trinajstić information content (AvgIpc) is 2.89. The number of anilines is 1. The molecule has 0 atom stereocenters. The first kappa shape index (κ1) is 23.2. The average molecular weight is 473 g/mol. The van der Waals surface area contributed by atoms with Crippen LogP contribution >= 0.6 is 0 Å². The second kappa shape index (κ2) is 10.3. The first-order valence-corrected chi connectivity index (χ1v) is 12.2. The highest BCUT2D eigenvalue weighted by Gasteiger charge is 2.15. The van der Waals surface area contributed by atoms with E-state index in [1.807, 2.05) is 72.8 Å². The second-order valence-electron chi connectivity index (χ2n) is 7.62. The maximum Gasteiger partial charge on any atom is 0.419 e. The smallest absolute Gasteiger partial charge is 0.410 e. The number of benzene rings is 4. The van der Waals surface area contributed by atoms with Gasteiger partial charge in [0, 0.05) is 19.3 Å². The lowest BCUT2D eigenvalue weighted by Crippen LogP contribution is -2.29. The number of para-hydroxylation sites is 1. The third-order valence-electron chi connectivity index (χ3n) is 5.28. The van der Waals surface area contributed by atoms with E-state index in [1.165, 1.54) is 4.90 Å². The number of nitrogens with zero attached hydrogens (tertiary/aromatic N) is 1. The summed E-state index contributed by atoms with van der Waals surface area (Å²) >= 11 is 0. The fourth-order valence-corrected chi connectivity index (χ4v) is 4.34. The molecule has 0 bridgehead atoms. The van der Waals surface area contributed by atoms with Gasteiger partial charge in [0.25, 0.3) is 0 Å². The van der Waals surface area contributed by atoms with E-state index in [-0.39, 0.29) is 11.4 Å². The standard InChI is InChI=1S/C27H24N2O4S/c1-29(24-10-6-3-7-11-24)27(30)33-25-16-12-22(13-17-25)23-14-18-26(19-15-23)34(31,32)28-20-21-8-4-2-5-9-21/h2-19,28H,20H2,1H3. The molecule has 4 aromatic carbocycles. The molecule has 0 aromatic heterocycles. The van der Waals surface area contributed by atoms with Crippen LogP contribution in [-0.4, -0.2) is 21.6 Å². The van der Waals surface area contributed by atoms with Gasteiger partial charge in [0.2, 0.25) is 10.0 Å². The van der Waals surface area contributed by atoms with Crippen molar-refractivity contribution in [3.05, 3.63) is 115 Å². The van der Waals surface area contributed by atoms with Gasteiger partial charge in [-0.1, -0.05) is 72.8 Å². The summed E-state index contributed by atoms with van der Waals surface area (Å²) in [6.45, 7) is 0.227. The van der Waals surface area contributed by atoms with Gasteiger partial charge < -0.3 is 4.74 Å². The monoisotopic (exact) mass is 472 g/mol. The van der Waals surface area contributed by atoms with Gasteiger partial charge in [-0.05, 0) is 53.1 Å². The predicted octanol–water partition coefficient (Wildman–Crippen LogP) is 5.47. The van der Waals surface area contributed by atoms with E-state index in [1.54, 1.807) is 43.4 Å². The van der Waals surface area contributed by atoms with Crippen LogP contribution in [0.25, 0.3) is 11.1 Å². The number of sulfonamides is 1. The van der Waals surface area contributed by atoms with Crippen molar-refractivity contribution in [3.8, 4) is 16.9 Å². The highest BCUT2D eigenvalue weighted by Crippen LogP contribution is 2.24. The summed E-state index contributed by atoms with van der Waals surface area (Å²) in [5, 5.41) is 0. The topological polar surface area (TPSA) is 75.7 Å². The molecule has 0 heterocycles. The van der Waals surface area contributed by atoms with Crippen LogP contribution < -0.4 is 14.4 Å². The minimum atomic E-state index is -3.62. The van der Waals surface area contributed by atoms with Crippen LogP contribution in [0.5, 0.6) is 5.75 Å². The molecule has 0 saturated heterocycles. The molecule has 0 aliphatic carbocycles. The number of nitrogens with one attached hydrogen (secondary N) is 1. The second-order valence-corrected chi connectivity index (χ2v) is 9.39. The number of carbonyl (C=O) groups excluding carboxylic acids is 1. The first-order chi connectivity index (χ1) is 16.4. The van der Waals surface area contributed by atoms with Crippen molar-refractivity contribution in [2.24, 2.45) is 0 Å². The Labute approximate surface area is 199 Å².